The number of hydrogen-bond donors (Lipinski definition) is 2. The molecule has 0 bridgehead atoms. The summed E-state index contributed by atoms with van der Waals surface area (Å²) in [6.07, 6.45) is 7.00. The first-order chi connectivity index (χ1) is 14.4. The average Bonchev–Trinajstić information content (AvgIpc) is 2.74. The van der Waals surface area contributed by atoms with Crippen LogP contribution < -0.4 is 10.6 Å². The van der Waals surface area contributed by atoms with E-state index in [4.69, 9.17) is 0 Å². The lowest BCUT2D eigenvalue weighted by Gasteiger charge is -2.28. The van der Waals surface area contributed by atoms with Gasteiger partial charge in [0, 0.05) is 29.1 Å². The van der Waals surface area contributed by atoms with Gasteiger partial charge in [-0.25, -0.2) is 0 Å². The van der Waals surface area contributed by atoms with Crippen LogP contribution in [-0.2, 0) is 9.59 Å². The molecule has 2 N–H and O–H groups in total. The highest BCUT2D eigenvalue weighted by Gasteiger charge is 2.29. The molecule has 0 radical (unpaired) electrons. The molecule has 2 fully saturated rings. The maximum absolute atomic E-state index is 12.8. The third-order valence-corrected chi connectivity index (χ3v) is 6.64. The van der Waals surface area contributed by atoms with Crippen molar-refractivity contribution in [3.8, 4) is 0 Å². The Kier molecular flexibility index (Phi) is 5.84. The number of pyridine rings is 1. The van der Waals surface area contributed by atoms with Gasteiger partial charge in [-0.2, -0.15) is 0 Å². The fourth-order valence-electron chi connectivity index (χ4n) is 4.81. The number of imide groups is 1. The van der Waals surface area contributed by atoms with Crippen molar-refractivity contribution in [1.29, 1.82) is 0 Å². The van der Waals surface area contributed by atoms with Gasteiger partial charge in [-0.05, 0) is 62.8 Å². The van der Waals surface area contributed by atoms with Crippen molar-refractivity contribution < 1.29 is 14.4 Å². The first kappa shape index (κ1) is 20.5. The Balaban J connectivity index is 1.53. The third-order valence-electron chi connectivity index (χ3n) is 6.64. The fourth-order valence-corrected chi connectivity index (χ4v) is 4.81. The lowest BCUT2D eigenvalue weighted by molar-refractivity contribution is -0.134. The summed E-state index contributed by atoms with van der Waals surface area (Å²) in [6.45, 7) is 3.97. The molecule has 1 aliphatic heterocycles. The van der Waals surface area contributed by atoms with E-state index < -0.39 is 0 Å². The molecule has 158 valence electrons. The topological polar surface area (TPSA) is 88.2 Å². The molecular weight excluding hydrogens is 378 g/mol. The van der Waals surface area contributed by atoms with Crippen molar-refractivity contribution in [2.75, 3.05) is 0 Å². The zero-order valence-corrected chi connectivity index (χ0v) is 17.7. The van der Waals surface area contributed by atoms with Crippen LogP contribution in [0, 0.1) is 12.8 Å². The van der Waals surface area contributed by atoms with E-state index in [0.717, 1.165) is 22.2 Å². The molecule has 1 unspecified atom stereocenters. The number of nitrogens with one attached hydrogen (secondary N) is 2. The van der Waals surface area contributed by atoms with Crippen molar-refractivity contribution in [3.05, 3.63) is 41.1 Å². The van der Waals surface area contributed by atoms with Gasteiger partial charge >= 0.3 is 0 Å². The molecule has 1 aromatic carbocycles. The van der Waals surface area contributed by atoms with Crippen LogP contribution in [0.2, 0.25) is 0 Å². The number of fused-ring (bicyclic) bond motifs is 1. The summed E-state index contributed by atoms with van der Waals surface area (Å²) in [4.78, 5) is 41.2. The van der Waals surface area contributed by atoms with E-state index in [0.29, 0.717) is 24.3 Å². The van der Waals surface area contributed by atoms with Crippen LogP contribution in [-0.4, -0.2) is 28.7 Å². The molecule has 0 spiro atoms. The number of carbonyl (C=O) groups is 3. The fraction of sp³-hybridized carbons (Fsp3) is 0.500. The summed E-state index contributed by atoms with van der Waals surface area (Å²) in [6, 6.07) is 7.65. The lowest BCUT2D eigenvalue weighted by atomic mass is 9.84. The maximum Gasteiger partial charge on any atom is 0.251 e. The van der Waals surface area contributed by atoms with Crippen molar-refractivity contribution in [3.63, 3.8) is 0 Å². The Morgan fingerprint density at radius 3 is 2.63 bits per heavy atom. The Labute approximate surface area is 176 Å². The molecule has 2 aliphatic rings. The predicted octanol–water partition coefficient (Wildman–Crippen LogP) is 3.76. The van der Waals surface area contributed by atoms with Crippen LogP contribution in [0.15, 0.2) is 24.3 Å². The minimum absolute atomic E-state index is 0.0660. The van der Waals surface area contributed by atoms with E-state index in [1.165, 1.54) is 32.1 Å². The largest absolute Gasteiger partial charge is 0.349 e. The Morgan fingerprint density at radius 2 is 1.90 bits per heavy atom. The van der Waals surface area contributed by atoms with Crippen molar-refractivity contribution >= 4 is 28.6 Å². The number of aryl methyl sites for hydroxylation is 1. The molecule has 4 rings (SSSR count). The van der Waals surface area contributed by atoms with E-state index in [-0.39, 0.29) is 29.7 Å². The highest BCUT2D eigenvalue weighted by molar-refractivity contribution is 6.02. The molecule has 2 heterocycles. The zero-order valence-electron chi connectivity index (χ0n) is 17.7. The smallest absolute Gasteiger partial charge is 0.251 e. The van der Waals surface area contributed by atoms with Crippen molar-refractivity contribution in [1.82, 2.24) is 15.6 Å². The van der Waals surface area contributed by atoms with Crippen LogP contribution in [0.25, 0.3) is 10.9 Å². The average molecular weight is 408 g/mol. The number of piperidine rings is 1. The van der Waals surface area contributed by atoms with Gasteiger partial charge in [-0.15, -0.1) is 0 Å². The minimum atomic E-state index is -0.362. The molecule has 1 aromatic heterocycles. The second-order valence-corrected chi connectivity index (χ2v) is 8.73. The summed E-state index contributed by atoms with van der Waals surface area (Å²) in [5.74, 6) is -0.355. The monoisotopic (exact) mass is 407 g/mol. The van der Waals surface area contributed by atoms with Crippen LogP contribution in [0.3, 0.4) is 0 Å². The normalized spacial score (nSPS) is 21.3. The van der Waals surface area contributed by atoms with Gasteiger partial charge in [-0.1, -0.05) is 25.3 Å². The van der Waals surface area contributed by atoms with Gasteiger partial charge in [0.2, 0.25) is 11.8 Å². The van der Waals surface area contributed by atoms with E-state index >= 15 is 0 Å². The molecule has 1 aliphatic carbocycles. The molecule has 6 nitrogen and oxygen atoms in total. The lowest BCUT2D eigenvalue weighted by Crippen LogP contribution is -2.39. The van der Waals surface area contributed by atoms with Crippen LogP contribution >= 0.6 is 0 Å². The van der Waals surface area contributed by atoms with Crippen molar-refractivity contribution in [2.24, 2.45) is 5.92 Å². The number of aromatic nitrogens is 1. The first-order valence-electron chi connectivity index (χ1n) is 11.0. The zero-order chi connectivity index (χ0) is 21.3. The van der Waals surface area contributed by atoms with Gasteiger partial charge < -0.3 is 5.32 Å². The van der Waals surface area contributed by atoms with E-state index in [1.807, 2.05) is 31.2 Å². The summed E-state index contributed by atoms with van der Waals surface area (Å²) in [5.41, 5.74) is 2.94. The molecular formula is C24H29N3O3. The number of rotatable bonds is 4. The summed E-state index contributed by atoms with van der Waals surface area (Å²) in [7, 11) is 0. The van der Waals surface area contributed by atoms with Crippen LogP contribution in [0.1, 0.15) is 79.4 Å². The Hall–Kier alpha value is -2.76. The SMILES string of the molecule is Cc1nc2cc(C(=O)N[C@@H](C)C3CCCCC3)ccc2cc1C1CCC(=O)NC1=O. The maximum atomic E-state index is 12.8. The van der Waals surface area contributed by atoms with Gasteiger partial charge in [0.05, 0.1) is 11.4 Å². The number of benzene rings is 1. The number of nitrogens with zero attached hydrogens (tertiary/aromatic N) is 1. The van der Waals surface area contributed by atoms with Crippen LogP contribution in [0.4, 0.5) is 0 Å². The number of carbonyl (C=O) groups excluding carboxylic acids is 3. The summed E-state index contributed by atoms with van der Waals surface area (Å²) < 4.78 is 0. The Morgan fingerprint density at radius 1 is 1.13 bits per heavy atom. The molecule has 6 heteroatoms. The number of hydrogen-bond acceptors (Lipinski definition) is 4. The first-order valence-corrected chi connectivity index (χ1v) is 11.0. The van der Waals surface area contributed by atoms with Gasteiger partial charge in [-0.3, -0.25) is 24.7 Å². The molecule has 3 amide bonds. The van der Waals surface area contributed by atoms with Crippen LogP contribution in [0.5, 0.6) is 0 Å². The molecule has 2 aromatic rings. The summed E-state index contributed by atoms with van der Waals surface area (Å²) in [5, 5.41) is 6.47. The van der Waals surface area contributed by atoms with Crippen molar-refractivity contribution in [2.45, 2.75) is 70.8 Å². The highest BCUT2D eigenvalue weighted by Crippen LogP contribution is 2.30. The molecule has 30 heavy (non-hydrogen) atoms. The third kappa shape index (κ3) is 4.23. The second kappa shape index (κ2) is 8.54. The highest BCUT2D eigenvalue weighted by atomic mass is 16.2. The predicted molar refractivity (Wildman–Crippen MR) is 115 cm³/mol. The van der Waals surface area contributed by atoms with Gasteiger partial charge in [0.1, 0.15) is 0 Å². The summed E-state index contributed by atoms with van der Waals surface area (Å²) >= 11 is 0. The second-order valence-electron chi connectivity index (χ2n) is 8.73. The van der Waals surface area contributed by atoms with Gasteiger partial charge in [0.25, 0.3) is 5.91 Å². The molecule has 1 saturated heterocycles. The van der Waals surface area contributed by atoms with Gasteiger partial charge in [0.15, 0.2) is 0 Å². The molecule has 2 atom stereocenters. The molecule has 1 saturated carbocycles. The van der Waals surface area contributed by atoms with E-state index in [9.17, 15) is 14.4 Å². The quantitative estimate of drug-likeness (QED) is 0.756. The number of amides is 3. The minimum Gasteiger partial charge on any atom is -0.349 e. The standard InChI is InChI=1S/C24H29N3O3/c1-14(16-6-4-3-5-7-16)26-23(29)18-9-8-17-12-20(15(2)25-21(17)13-18)19-10-11-22(28)27-24(19)30/h8-9,12-14,16,19H,3-7,10-11H2,1-2H3,(H,26,29)(H,27,28,30)/t14-,19?/m0/s1. The van der Waals surface area contributed by atoms with E-state index in [2.05, 4.69) is 22.5 Å². The Bertz CT molecular complexity index is 995. The van der Waals surface area contributed by atoms with E-state index in [1.54, 1.807) is 0 Å².